The Hall–Kier alpha value is -1.54. The summed E-state index contributed by atoms with van der Waals surface area (Å²) in [5.74, 6) is -3.69. The molecule has 0 aromatic rings. The molecule has 0 unspecified atom stereocenters. The number of amides is 2. The van der Waals surface area contributed by atoms with E-state index in [9.17, 15) is 23.5 Å². The summed E-state index contributed by atoms with van der Waals surface area (Å²) in [4.78, 5) is 22.9. The van der Waals surface area contributed by atoms with Crippen molar-refractivity contribution < 1.29 is 28.2 Å². The SMILES string of the molecule is O=C[C@H]1O[C@@H](N2CC=CCNC2=O)C(F)(F)[C@@H]1O. The van der Waals surface area contributed by atoms with Gasteiger partial charge in [-0.1, -0.05) is 12.2 Å². The van der Waals surface area contributed by atoms with Crippen molar-refractivity contribution in [3.8, 4) is 0 Å². The molecule has 100 valence electrons. The number of urea groups is 1. The first-order valence-corrected chi connectivity index (χ1v) is 5.34. The number of alkyl halides is 2. The molecule has 0 spiro atoms. The van der Waals surface area contributed by atoms with Crippen LogP contribution in [-0.2, 0) is 9.53 Å². The monoisotopic (exact) mass is 262 g/mol. The van der Waals surface area contributed by atoms with Crippen molar-refractivity contribution in [1.82, 2.24) is 10.2 Å². The highest BCUT2D eigenvalue weighted by Gasteiger charge is 2.61. The van der Waals surface area contributed by atoms with Gasteiger partial charge in [-0.15, -0.1) is 0 Å². The van der Waals surface area contributed by atoms with Gasteiger partial charge in [0, 0.05) is 13.1 Å². The zero-order valence-electron chi connectivity index (χ0n) is 9.25. The first-order valence-electron chi connectivity index (χ1n) is 5.34. The number of nitrogens with one attached hydrogen (secondary N) is 1. The molecule has 3 atom stereocenters. The summed E-state index contributed by atoms with van der Waals surface area (Å²) in [7, 11) is 0. The minimum atomic E-state index is -3.69. The second-order valence-corrected chi connectivity index (χ2v) is 4.02. The van der Waals surface area contributed by atoms with Crippen LogP contribution in [0, 0.1) is 0 Å². The Labute approximate surface area is 101 Å². The van der Waals surface area contributed by atoms with Gasteiger partial charge in [-0.25, -0.2) is 4.79 Å². The largest absolute Gasteiger partial charge is 0.383 e. The van der Waals surface area contributed by atoms with Gasteiger partial charge in [0.25, 0.3) is 0 Å². The van der Waals surface area contributed by atoms with Crippen LogP contribution < -0.4 is 5.32 Å². The van der Waals surface area contributed by atoms with Crippen molar-refractivity contribution in [2.24, 2.45) is 0 Å². The lowest BCUT2D eigenvalue weighted by Gasteiger charge is -2.30. The molecule has 0 saturated carbocycles. The number of aliphatic hydroxyl groups excluding tert-OH is 1. The Morgan fingerprint density at radius 2 is 2.28 bits per heavy atom. The van der Waals surface area contributed by atoms with Crippen LogP contribution >= 0.6 is 0 Å². The van der Waals surface area contributed by atoms with Gasteiger partial charge in [0.2, 0.25) is 6.23 Å². The van der Waals surface area contributed by atoms with Crippen LogP contribution in [0.15, 0.2) is 12.2 Å². The number of hydrogen-bond donors (Lipinski definition) is 2. The number of carbonyl (C=O) groups excluding carboxylic acids is 2. The molecule has 2 aliphatic heterocycles. The molecule has 0 aliphatic carbocycles. The number of ether oxygens (including phenoxy) is 1. The van der Waals surface area contributed by atoms with E-state index in [-0.39, 0.29) is 19.4 Å². The lowest BCUT2D eigenvalue weighted by atomic mass is 10.1. The molecule has 1 saturated heterocycles. The molecular weight excluding hydrogens is 250 g/mol. The van der Waals surface area contributed by atoms with E-state index in [4.69, 9.17) is 4.74 Å². The number of rotatable bonds is 2. The fraction of sp³-hybridized carbons (Fsp3) is 0.600. The summed E-state index contributed by atoms with van der Waals surface area (Å²) in [6, 6.07) is -0.733. The van der Waals surface area contributed by atoms with Crippen LogP contribution in [0.1, 0.15) is 0 Å². The Bertz CT molecular complexity index is 388. The van der Waals surface area contributed by atoms with Crippen molar-refractivity contribution in [2.75, 3.05) is 13.1 Å². The van der Waals surface area contributed by atoms with Crippen LogP contribution in [0.3, 0.4) is 0 Å². The van der Waals surface area contributed by atoms with E-state index in [2.05, 4.69) is 5.32 Å². The van der Waals surface area contributed by atoms with E-state index >= 15 is 0 Å². The topological polar surface area (TPSA) is 78.9 Å². The number of hydrogen-bond acceptors (Lipinski definition) is 4. The quantitative estimate of drug-likeness (QED) is 0.519. The highest BCUT2D eigenvalue weighted by molar-refractivity contribution is 5.75. The number of aldehydes is 1. The second-order valence-electron chi connectivity index (χ2n) is 4.02. The first-order chi connectivity index (χ1) is 8.48. The van der Waals surface area contributed by atoms with Crippen molar-refractivity contribution in [3.63, 3.8) is 0 Å². The van der Waals surface area contributed by atoms with Crippen molar-refractivity contribution in [1.29, 1.82) is 0 Å². The number of nitrogens with zero attached hydrogens (tertiary/aromatic N) is 1. The molecule has 18 heavy (non-hydrogen) atoms. The van der Waals surface area contributed by atoms with Gasteiger partial charge in [-0.3, -0.25) is 4.90 Å². The minimum absolute atomic E-state index is 0.0790. The molecule has 1 fully saturated rings. The fourth-order valence-electron chi connectivity index (χ4n) is 1.87. The Balaban J connectivity index is 2.24. The molecule has 0 bridgehead atoms. The first kappa shape index (κ1) is 12.9. The van der Waals surface area contributed by atoms with Crippen LogP contribution in [0.5, 0.6) is 0 Å². The van der Waals surface area contributed by atoms with Crippen molar-refractivity contribution in [3.05, 3.63) is 12.2 Å². The van der Waals surface area contributed by atoms with Gasteiger partial charge in [0.15, 0.2) is 12.4 Å². The summed E-state index contributed by atoms with van der Waals surface area (Å²) in [5, 5.41) is 11.7. The van der Waals surface area contributed by atoms with E-state index in [1.165, 1.54) is 6.08 Å². The summed E-state index contributed by atoms with van der Waals surface area (Å²) in [6.45, 7) is 0.150. The van der Waals surface area contributed by atoms with E-state index < -0.39 is 30.4 Å². The van der Waals surface area contributed by atoms with E-state index in [1.807, 2.05) is 0 Å². The average Bonchev–Trinajstić information content (AvgIpc) is 2.49. The third kappa shape index (κ3) is 1.97. The van der Waals surface area contributed by atoms with Crippen molar-refractivity contribution in [2.45, 2.75) is 24.4 Å². The number of carbonyl (C=O) groups is 2. The average molecular weight is 262 g/mol. The van der Waals surface area contributed by atoms with Crippen LogP contribution in [-0.4, -0.2) is 59.8 Å². The van der Waals surface area contributed by atoms with Gasteiger partial charge in [-0.05, 0) is 0 Å². The molecule has 0 aromatic heterocycles. The Morgan fingerprint density at radius 3 is 2.89 bits per heavy atom. The Morgan fingerprint density at radius 1 is 1.56 bits per heavy atom. The highest BCUT2D eigenvalue weighted by Crippen LogP contribution is 2.37. The maximum absolute atomic E-state index is 13.8. The van der Waals surface area contributed by atoms with Gasteiger partial charge in [-0.2, -0.15) is 8.78 Å². The van der Waals surface area contributed by atoms with E-state index in [1.54, 1.807) is 6.08 Å². The standard InChI is InChI=1S/C10H12F2N2O4/c11-10(12)7(16)6(5-15)18-8(10)14-4-2-1-3-13-9(14)17/h1-2,5-8,16H,3-4H2,(H,13,17)/t6-,7-,8-/m1/s1. The molecule has 2 amide bonds. The van der Waals surface area contributed by atoms with E-state index in [0.29, 0.717) is 0 Å². The zero-order valence-corrected chi connectivity index (χ0v) is 9.25. The summed E-state index contributed by atoms with van der Waals surface area (Å²) < 4.78 is 32.3. The fourth-order valence-corrected chi connectivity index (χ4v) is 1.87. The van der Waals surface area contributed by atoms with E-state index in [0.717, 1.165) is 4.90 Å². The van der Waals surface area contributed by atoms with Crippen LogP contribution in [0.4, 0.5) is 13.6 Å². The molecule has 2 rings (SSSR count). The Kier molecular flexibility index (Phi) is 3.31. The zero-order chi connectivity index (χ0) is 13.3. The molecule has 6 nitrogen and oxygen atoms in total. The lowest BCUT2D eigenvalue weighted by Crippen LogP contribution is -2.53. The molecule has 8 heteroatoms. The van der Waals surface area contributed by atoms with Gasteiger partial charge < -0.3 is 20.0 Å². The van der Waals surface area contributed by atoms with Gasteiger partial charge in [0.1, 0.15) is 6.10 Å². The van der Waals surface area contributed by atoms with Gasteiger partial charge in [0.05, 0.1) is 0 Å². The minimum Gasteiger partial charge on any atom is -0.383 e. The highest BCUT2D eigenvalue weighted by atomic mass is 19.3. The van der Waals surface area contributed by atoms with Crippen molar-refractivity contribution >= 4 is 12.3 Å². The third-order valence-corrected chi connectivity index (χ3v) is 2.84. The maximum Gasteiger partial charge on any atom is 0.320 e. The number of aliphatic hydroxyl groups is 1. The lowest BCUT2D eigenvalue weighted by molar-refractivity contribution is -0.152. The predicted octanol–water partition coefficient (Wildman–Crippen LogP) is -0.512. The molecule has 0 radical (unpaired) electrons. The van der Waals surface area contributed by atoms with Gasteiger partial charge >= 0.3 is 12.0 Å². The smallest absolute Gasteiger partial charge is 0.320 e. The number of halogens is 2. The molecule has 2 heterocycles. The molecule has 2 N–H and O–H groups in total. The summed E-state index contributed by atoms with van der Waals surface area (Å²) in [6.07, 6.45) is -2.60. The molecule has 0 aromatic carbocycles. The van der Waals surface area contributed by atoms with Crippen LogP contribution in [0.2, 0.25) is 0 Å². The third-order valence-electron chi connectivity index (χ3n) is 2.84. The summed E-state index contributed by atoms with van der Waals surface area (Å²) >= 11 is 0. The predicted molar refractivity (Wildman–Crippen MR) is 54.9 cm³/mol. The van der Waals surface area contributed by atoms with Crippen LogP contribution in [0.25, 0.3) is 0 Å². The molecule has 2 aliphatic rings. The molecular formula is C10H12F2N2O4. The second kappa shape index (κ2) is 4.62. The maximum atomic E-state index is 13.8. The summed E-state index contributed by atoms with van der Waals surface area (Å²) in [5.41, 5.74) is 0. The normalized spacial score (nSPS) is 35.2.